The van der Waals surface area contributed by atoms with Crippen molar-refractivity contribution in [2.45, 2.75) is 45.6 Å². The molecule has 3 heteroatoms. The zero-order chi connectivity index (χ0) is 10.1. The van der Waals surface area contributed by atoms with Gasteiger partial charge >= 0.3 is 0 Å². The summed E-state index contributed by atoms with van der Waals surface area (Å²) in [5.74, 6) is -0.717. The smallest absolute Gasteiger partial charge is 0.236 e. The number of allylic oxidation sites excluding steroid dienone is 1. The first-order valence-corrected chi connectivity index (χ1v) is 4.79. The van der Waals surface area contributed by atoms with Crippen molar-refractivity contribution >= 4 is 13.7 Å². The fraction of sp³-hybridized carbons (Fsp3) is 0.700. The molecule has 1 atom stereocenters. The number of ether oxygens (including phenoxy) is 1. The standard InChI is InChI=1S/C10H17BO2/c1-3-4-5-6-7-8-9(2)13-10(11)12/h7-9H,3-6H2,1-2H3/b8-7+. The van der Waals surface area contributed by atoms with Gasteiger partial charge in [-0.2, -0.15) is 0 Å². The zero-order valence-corrected chi connectivity index (χ0v) is 8.45. The Bertz CT molecular complexity index is 166. The van der Waals surface area contributed by atoms with Gasteiger partial charge in [-0.05, 0) is 25.8 Å². The van der Waals surface area contributed by atoms with Crippen LogP contribution in [0.25, 0.3) is 0 Å². The highest BCUT2D eigenvalue weighted by molar-refractivity contribution is 6.55. The van der Waals surface area contributed by atoms with Gasteiger partial charge in [0.05, 0.1) is 0 Å². The van der Waals surface area contributed by atoms with Crippen LogP contribution in [0.15, 0.2) is 12.2 Å². The van der Waals surface area contributed by atoms with Crippen molar-refractivity contribution in [3.05, 3.63) is 12.2 Å². The molecule has 0 rings (SSSR count). The van der Waals surface area contributed by atoms with Gasteiger partial charge in [0.25, 0.3) is 0 Å². The van der Waals surface area contributed by atoms with E-state index in [1.54, 1.807) is 6.92 Å². The molecule has 0 N–H and O–H groups in total. The van der Waals surface area contributed by atoms with E-state index in [4.69, 9.17) is 12.6 Å². The summed E-state index contributed by atoms with van der Waals surface area (Å²) in [6.45, 7) is 3.96. The van der Waals surface area contributed by atoms with Crippen molar-refractivity contribution in [1.82, 2.24) is 0 Å². The summed E-state index contributed by atoms with van der Waals surface area (Å²) in [7, 11) is 4.85. The SMILES string of the molecule is [B]C(=O)OC(C)/C=C/CCCCC. The predicted molar refractivity (Wildman–Crippen MR) is 55.0 cm³/mol. The average Bonchev–Trinajstić information content (AvgIpc) is 2.02. The van der Waals surface area contributed by atoms with Gasteiger partial charge in [0.2, 0.25) is 13.7 Å². The lowest BCUT2D eigenvalue weighted by molar-refractivity contribution is 0.153. The van der Waals surface area contributed by atoms with Crippen molar-refractivity contribution in [1.29, 1.82) is 0 Å². The first-order valence-electron chi connectivity index (χ1n) is 4.79. The molecule has 13 heavy (non-hydrogen) atoms. The van der Waals surface area contributed by atoms with Gasteiger partial charge in [-0.3, -0.25) is 4.79 Å². The van der Waals surface area contributed by atoms with Crippen LogP contribution in [0.5, 0.6) is 0 Å². The van der Waals surface area contributed by atoms with Crippen molar-refractivity contribution in [3.63, 3.8) is 0 Å². The average molecular weight is 180 g/mol. The molecular formula is C10H17BO2. The highest BCUT2D eigenvalue weighted by atomic mass is 16.5. The number of unbranched alkanes of at least 4 members (excludes halogenated alkanes) is 3. The zero-order valence-electron chi connectivity index (χ0n) is 8.45. The number of hydrogen-bond donors (Lipinski definition) is 0. The third-order valence-corrected chi connectivity index (χ3v) is 1.68. The lowest BCUT2D eigenvalue weighted by atomic mass is 10.1. The molecule has 0 aliphatic carbocycles. The third-order valence-electron chi connectivity index (χ3n) is 1.68. The summed E-state index contributed by atoms with van der Waals surface area (Å²) >= 11 is 0. The molecule has 0 amide bonds. The molecule has 0 aliphatic rings. The van der Waals surface area contributed by atoms with E-state index < -0.39 is 5.87 Å². The van der Waals surface area contributed by atoms with E-state index in [1.165, 1.54) is 19.3 Å². The summed E-state index contributed by atoms with van der Waals surface area (Å²) in [5, 5.41) is 0. The van der Waals surface area contributed by atoms with Gasteiger partial charge in [0, 0.05) is 0 Å². The summed E-state index contributed by atoms with van der Waals surface area (Å²) in [6, 6.07) is 0. The Balaban J connectivity index is 3.41. The van der Waals surface area contributed by atoms with Crippen LogP contribution in [-0.4, -0.2) is 19.8 Å². The lowest BCUT2D eigenvalue weighted by Gasteiger charge is -2.06. The monoisotopic (exact) mass is 180 g/mol. The molecule has 0 heterocycles. The summed E-state index contributed by atoms with van der Waals surface area (Å²) in [4.78, 5) is 10.3. The highest BCUT2D eigenvalue weighted by Crippen LogP contribution is 2.01. The number of carbonyl (C=O) groups is 1. The molecule has 0 saturated heterocycles. The van der Waals surface area contributed by atoms with Gasteiger partial charge in [-0.1, -0.05) is 25.8 Å². The Morgan fingerprint density at radius 3 is 2.77 bits per heavy atom. The molecule has 1 unspecified atom stereocenters. The molecule has 0 aromatic carbocycles. The Hall–Kier alpha value is -0.725. The number of carbonyl (C=O) groups excluding carboxylic acids is 1. The normalized spacial score (nSPS) is 13.1. The number of rotatable bonds is 6. The van der Waals surface area contributed by atoms with Crippen LogP contribution >= 0.6 is 0 Å². The fourth-order valence-electron chi connectivity index (χ4n) is 1.02. The van der Waals surface area contributed by atoms with E-state index in [0.717, 1.165) is 6.42 Å². The van der Waals surface area contributed by atoms with E-state index in [0.29, 0.717) is 0 Å². The van der Waals surface area contributed by atoms with E-state index in [9.17, 15) is 4.79 Å². The van der Waals surface area contributed by atoms with Gasteiger partial charge in [0.15, 0.2) is 0 Å². The van der Waals surface area contributed by atoms with Crippen LogP contribution in [0.3, 0.4) is 0 Å². The fourth-order valence-corrected chi connectivity index (χ4v) is 1.02. The van der Waals surface area contributed by atoms with E-state index in [2.05, 4.69) is 6.92 Å². The van der Waals surface area contributed by atoms with Crippen LogP contribution in [0.2, 0.25) is 0 Å². The van der Waals surface area contributed by atoms with Crippen molar-refractivity contribution in [2.24, 2.45) is 0 Å². The Kier molecular flexibility index (Phi) is 7.46. The maximum Gasteiger partial charge on any atom is 0.236 e. The van der Waals surface area contributed by atoms with Gasteiger partial charge < -0.3 is 4.74 Å². The van der Waals surface area contributed by atoms with Crippen molar-refractivity contribution in [2.75, 3.05) is 0 Å². The van der Waals surface area contributed by atoms with Gasteiger partial charge in [-0.25, -0.2) is 0 Å². The molecule has 0 spiro atoms. The van der Waals surface area contributed by atoms with E-state index in [-0.39, 0.29) is 6.10 Å². The summed E-state index contributed by atoms with van der Waals surface area (Å²) < 4.78 is 4.71. The van der Waals surface area contributed by atoms with Crippen LogP contribution in [0, 0.1) is 0 Å². The Morgan fingerprint density at radius 2 is 2.23 bits per heavy atom. The third kappa shape index (κ3) is 9.19. The first kappa shape index (κ1) is 12.3. The molecular weight excluding hydrogens is 163 g/mol. The second-order valence-electron chi connectivity index (χ2n) is 3.07. The van der Waals surface area contributed by atoms with E-state index in [1.807, 2.05) is 12.2 Å². The molecule has 2 nitrogen and oxygen atoms in total. The van der Waals surface area contributed by atoms with Crippen molar-refractivity contribution < 1.29 is 9.53 Å². The van der Waals surface area contributed by atoms with Crippen LogP contribution in [0.1, 0.15) is 39.5 Å². The largest absolute Gasteiger partial charge is 0.467 e. The minimum atomic E-state index is -0.717. The minimum Gasteiger partial charge on any atom is -0.467 e. The molecule has 0 bridgehead atoms. The molecule has 0 aromatic rings. The quantitative estimate of drug-likeness (QED) is 0.357. The van der Waals surface area contributed by atoms with Gasteiger partial charge in [0.1, 0.15) is 6.10 Å². The maximum atomic E-state index is 10.3. The molecule has 2 radical (unpaired) electrons. The number of hydrogen-bond acceptors (Lipinski definition) is 2. The summed E-state index contributed by atoms with van der Waals surface area (Å²) in [6.07, 6.45) is 8.38. The molecule has 0 fully saturated rings. The summed E-state index contributed by atoms with van der Waals surface area (Å²) in [5.41, 5.74) is 0. The lowest BCUT2D eigenvalue weighted by Crippen LogP contribution is -2.10. The molecule has 0 aromatic heterocycles. The molecule has 72 valence electrons. The van der Waals surface area contributed by atoms with Gasteiger partial charge in [-0.15, -0.1) is 0 Å². The highest BCUT2D eigenvalue weighted by Gasteiger charge is 1.98. The van der Waals surface area contributed by atoms with E-state index >= 15 is 0 Å². The second-order valence-corrected chi connectivity index (χ2v) is 3.07. The Labute approximate surface area is 81.8 Å². The van der Waals surface area contributed by atoms with Crippen molar-refractivity contribution in [3.8, 4) is 0 Å². The molecule has 0 saturated carbocycles. The second kappa shape index (κ2) is 7.90. The van der Waals surface area contributed by atoms with Crippen LogP contribution in [-0.2, 0) is 4.74 Å². The minimum absolute atomic E-state index is 0.209. The molecule has 0 aliphatic heterocycles. The van der Waals surface area contributed by atoms with Crippen LogP contribution in [0.4, 0.5) is 4.79 Å². The topological polar surface area (TPSA) is 26.3 Å². The maximum absolute atomic E-state index is 10.3. The Morgan fingerprint density at radius 1 is 1.54 bits per heavy atom. The first-order chi connectivity index (χ1) is 6.16. The van der Waals surface area contributed by atoms with Crippen LogP contribution < -0.4 is 0 Å². The predicted octanol–water partition coefficient (Wildman–Crippen LogP) is 2.82.